The van der Waals surface area contributed by atoms with Gasteiger partial charge in [0.05, 0.1) is 18.2 Å². The lowest BCUT2D eigenvalue weighted by Gasteiger charge is -2.09. The molecule has 0 atom stereocenters. The summed E-state index contributed by atoms with van der Waals surface area (Å²) in [6, 6.07) is 10.1. The predicted molar refractivity (Wildman–Crippen MR) is 86.2 cm³/mol. The monoisotopic (exact) mass is 362 g/mol. The summed E-state index contributed by atoms with van der Waals surface area (Å²) in [4.78, 5) is 16.3. The third-order valence-corrected chi connectivity index (χ3v) is 3.44. The molecule has 0 bridgehead atoms. The lowest BCUT2D eigenvalue weighted by atomic mass is 10.1. The number of hydrogen-bond donors (Lipinski definition) is 1. The van der Waals surface area contributed by atoms with E-state index in [1.54, 1.807) is 30.9 Å². The molecule has 1 amide bonds. The van der Waals surface area contributed by atoms with Crippen molar-refractivity contribution in [3.63, 3.8) is 0 Å². The van der Waals surface area contributed by atoms with Crippen LogP contribution < -0.4 is 10.1 Å². The van der Waals surface area contributed by atoms with Crippen molar-refractivity contribution in [1.82, 2.24) is 10.3 Å². The molecule has 0 aliphatic heterocycles. The summed E-state index contributed by atoms with van der Waals surface area (Å²) in [6.45, 7) is 0.234. The maximum Gasteiger partial charge on any atom is 0.573 e. The van der Waals surface area contributed by atoms with Crippen LogP contribution in [0.1, 0.15) is 15.9 Å². The van der Waals surface area contributed by atoms with Crippen molar-refractivity contribution in [3.8, 4) is 17.0 Å². The van der Waals surface area contributed by atoms with Gasteiger partial charge in [-0.25, -0.2) is 0 Å². The van der Waals surface area contributed by atoms with E-state index in [2.05, 4.69) is 15.0 Å². The van der Waals surface area contributed by atoms with Gasteiger partial charge in [-0.1, -0.05) is 6.07 Å². The zero-order valence-electron chi connectivity index (χ0n) is 13.3. The van der Waals surface area contributed by atoms with Crippen LogP contribution in [0.4, 0.5) is 13.2 Å². The highest BCUT2D eigenvalue weighted by atomic mass is 19.4. The number of furan rings is 1. The molecular formula is C18H13F3N2O3. The maximum atomic E-state index is 12.1. The fourth-order valence-corrected chi connectivity index (χ4v) is 2.20. The summed E-state index contributed by atoms with van der Waals surface area (Å²) in [7, 11) is 0. The predicted octanol–water partition coefficient (Wildman–Crippen LogP) is 4.17. The van der Waals surface area contributed by atoms with Gasteiger partial charge in [0.25, 0.3) is 5.91 Å². The lowest BCUT2D eigenvalue weighted by molar-refractivity contribution is -0.274. The lowest BCUT2D eigenvalue weighted by Crippen LogP contribution is -2.23. The van der Waals surface area contributed by atoms with E-state index in [-0.39, 0.29) is 17.9 Å². The molecule has 0 saturated heterocycles. The van der Waals surface area contributed by atoms with Gasteiger partial charge >= 0.3 is 6.36 Å². The van der Waals surface area contributed by atoms with Crippen LogP contribution in [-0.4, -0.2) is 17.3 Å². The van der Waals surface area contributed by atoms with Gasteiger partial charge in [-0.15, -0.1) is 13.2 Å². The zero-order valence-corrected chi connectivity index (χ0v) is 13.3. The molecule has 5 nitrogen and oxygen atoms in total. The Balaban J connectivity index is 1.56. The summed E-state index contributed by atoms with van der Waals surface area (Å²) >= 11 is 0. The van der Waals surface area contributed by atoms with E-state index in [0.717, 1.165) is 29.0 Å². The molecular weight excluding hydrogens is 349 g/mol. The number of halogens is 3. The Morgan fingerprint density at radius 1 is 1.12 bits per heavy atom. The van der Waals surface area contributed by atoms with Gasteiger partial charge in [0.2, 0.25) is 0 Å². The maximum absolute atomic E-state index is 12.1. The smallest absolute Gasteiger partial charge is 0.472 e. The minimum atomic E-state index is -4.76. The highest BCUT2D eigenvalue weighted by Crippen LogP contribution is 2.22. The number of benzene rings is 1. The number of nitrogens with one attached hydrogen (secondary N) is 1. The molecule has 2 aromatic heterocycles. The van der Waals surface area contributed by atoms with E-state index in [4.69, 9.17) is 4.42 Å². The first kappa shape index (κ1) is 17.5. The first-order valence-electron chi connectivity index (χ1n) is 7.52. The molecule has 0 saturated carbocycles. The average molecular weight is 362 g/mol. The van der Waals surface area contributed by atoms with Gasteiger partial charge in [0.1, 0.15) is 5.75 Å². The van der Waals surface area contributed by atoms with E-state index >= 15 is 0 Å². The van der Waals surface area contributed by atoms with Crippen molar-refractivity contribution in [3.05, 3.63) is 72.3 Å². The van der Waals surface area contributed by atoms with Crippen LogP contribution in [0, 0.1) is 0 Å². The number of pyridine rings is 1. The number of carbonyl (C=O) groups is 1. The van der Waals surface area contributed by atoms with E-state index in [0.29, 0.717) is 0 Å². The molecule has 0 aliphatic rings. The summed E-state index contributed by atoms with van der Waals surface area (Å²) in [6.07, 6.45) is -0.00556. The van der Waals surface area contributed by atoms with E-state index < -0.39 is 12.3 Å². The number of carbonyl (C=O) groups excluding carboxylic acids is 1. The second-order valence-electron chi connectivity index (χ2n) is 5.32. The van der Waals surface area contributed by atoms with Crippen molar-refractivity contribution in [2.45, 2.75) is 12.9 Å². The molecule has 2 heterocycles. The number of aromatic nitrogens is 1. The number of hydrogen-bond acceptors (Lipinski definition) is 4. The molecule has 0 spiro atoms. The van der Waals surface area contributed by atoms with Crippen LogP contribution in [0.3, 0.4) is 0 Å². The minimum Gasteiger partial charge on any atom is -0.472 e. The van der Waals surface area contributed by atoms with Crippen LogP contribution in [0.2, 0.25) is 0 Å². The van der Waals surface area contributed by atoms with Gasteiger partial charge in [-0.3, -0.25) is 9.78 Å². The second kappa shape index (κ2) is 7.30. The van der Waals surface area contributed by atoms with Crippen molar-refractivity contribution >= 4 is 5.91 Å². The summed E-state index contributed by atoms with van der Waals surface area (Å²) in [5, 5.41) is 2.68. The number of amides is 1. The molecule has 134 valence electrons. The van der Waals surface area contributed by atoms with Crippen LogP contribution in [0.15, 0.2) is 65.6 Å². The summed E-state index contributed by atoms with van der Waals surface area (Å²) in [5.41, 5.74) is 2.60. The van der Waals surface area contributed by atoms with Gasteiger partial charge in [0.15, 0.2) is 0 Å². The molecule has 1 N–H and O–H groups in total. The van der Waals surface area contributed by atoms with Crippen molar-refractivity contribution < 1.29 is 27.1 Å². The first-order chi connectivity index (χ1) is 12.4. The molecule has 0 radical (unpaired) electrons. The Bertz CT molecular complexity index is 858. The average Bonchev–Trinajstić information content (AvgIpc) is 3.14. The highest BCUT2D eigenvalue weighted by Gasteiger charge is 2.31. The first-order valence-corrected chi connectivity index (χ1v) is 7.52. The Morgan fingerprint density at radius 2 is 1.88 bits per heavy atom. The van der Waals surface area contributed by atoms with E-state index in [1.807, 2.05) is 6.07 Å². The SMILES string of the molecule is O=C(NCc1ccc(-c2ccoc2)nc1)c1ccc(OC(F)(F)F)cc1. The number of rotatable bonds is 5. The van der Waals surface area contributed by atoms with Crippen molar-refractivity contribution in [2.75, 3.05) is 0 Å². The topological polar surface area (TPSA) is 64.4 Å². The molecule has 8 heteroatoms. The van der Waals surface area contributed by atoms with Gasteiger partial charge in [0, 0.05) is 23.9 Å². The van der Waals surface area contributed by atoms with Crippen LogP contribution >= 0.6 is 0 Å². The molecule has 0 aliphatic carbocycles. The van der Waals surface area contributed by atoms with Gasteiger partial charge in [-0.2, -0.15) is 0 Å². The number of alkyl halides is 3. The number of ether oxygens (including phenoxy) is 1. The highest BCUT2D eigenvalue weighted by molar-refractivity contribution is 5.94. The van der Waals surface area contributed by atoms with Crippen LogP contribution in [0.25, 0.3) is 11.3 Å². The largest absolute Gasteiger partial charge is 0.573 e. The molecule has 1 aromatic carbocycles. The van der Waals surface area contributed by atoms with E-state index in [9.17, 15) is 18.0 Å². The molecule has 26 heavy (non-hydrogen) atoms. The zero-order chi connectivity index (χ0) is 18.6. The van der Waals surface area contributed by atoms with E-state index in [1.165, 1.54) is 12.1 Å². The Hall–Kier alpha value is -3.29. The Morgan fingerprint density at radius 3 is 2.46 bits per heavy atom. The fourth-order valence-electron chi connectivity index (χ4n) is 2.20. The molecule has 3 aromatic rings. The third-order valence-electron chi connectivity index (χ3n) is 3.44. The van der Waals surface area contributed by atoms with Gasteiger partial charge < -0.3 is 14.5 Å². The standard InChI is InChI=1S/C18H13F3N2O3/c19-18(20,21)26-15-4-2-13(3-5-15)17(24)23-10-12-1-6-16(22-9-12)14-7-8-25-11-14/h1-9,11H,10H2,(H,23,24). The van der Waals surface area contributed by atoms with Crippen molar-refractivity contribution in [2.24, 2.45) is 0 Å². The Labute approximate surface area is 146 Å². The summed E-state index contributed by atoms with van der Waals surface area (Å²) in [5.74, 6) is -0.796. The molecule has 3 rings (SSSR count). The second-order valence-corrected chi connectivity index (χ2v) is 5.32. The van der Waals surface area contributed by atoms with Crippen LogP contribution in [0.5, 0.6) is 5.75 Å². The number of nitrogens with zero attached hydrogens (tertiary/aromatic N) is 1. The van der Waals surface area contributed by atoms with Crippen molar-refractivity contribution in [1.29, 1.82) is 0 Å². The van der Waals surface area contributed by atoms with Crippen LogP contribution in [-0.2, 0) is 6.54 Å². The Kier molecular flexibility index (Phi) is 4.92. The summed E-state index contributed by atoms with van der Waals surface area (Å²) < 4.78 is 45.1. The normalized spacial score (nSPS) is 11.2. The quantitative estimate of drug-likeness (QED) is 0.740. The molecule has 0 fully saturated rings. The molecule has 0 unspecified atom stereocenters. The minimum absolute atomic E-state index is 0.225. The fraction of sp³-hybridized carbons (Fsp3) is 0.111. The third kappa shape index (κ3) is 4.62. The van der Waals surface area contributed by atoms with Gasteiger partial charge in [-0.05, 0) is 42.0 Å².